The molecule has 6 heteroatoms. The fourth-order valence-corrected chi connectivity index (χ4v) is 3.97. The average molecular weight is 407 g/mol. The maximum absolute atomic E-state index is 14.0. The third-order valence-electron chi connectivity index (χ3n) is 5.85. The molecule has 2 aromatic carbocycles. The van der Waals surface area contributed by atoms with Crippen molar-refractivity contribution < 1.29 is 9.18 Å². The minimum Gasteiger partial charge on any atom is -0.325 e. The highest BCUT2D eigenvalue weighted by Crippen LogP contribution is 2.21. The smallest absolute Gasteiger partial charge is 0.238 e. The topological polar surface area (TPSA) is 48.5 Å². The Balaban J connectivity index is 1.32. The van der Waals surface area contributed by atoms with E-state index in [9.17, 15) is 9.18 Å². The van der Waals surface area contributed by atoms with Gasteiger partial charge in [0, 0.05) is 50.0 Å². The summed E-state index contributed by atoms with van der Waals surface area (Å²) in [7, 11) is 0. The number of pyridine rings is 1. The van der Waals surface area contributed by atoms with Gasteiger partial charge in [0.25, 0.3) is 0 Å². The number of rotatable bonds is 5. The van der Waals surface area contributed by atoms with Crippen molar-refractivity contribution in [3.63, 3.8) is 0 Å². The van der Waals surface area contributed by atoms with Crippen LogP contribution in [0.25, 0.3) is 10.9 Å². The summed E-state index contributed by atoms with van der Waals surface area (Å²) in [5.74, 6) is -0.218. The molecule has 156 valence electrons. The van der Waals surface area contributed by atoms with Gasteiger partial charge in [0.15, 0.2) is 0 Å². The minimum atomic E-state index is -0.229. The van der Waals surface area contributed by atoms with Crippen LogP contribution in [-0.2, 0) is 11.3 Å². The van der Waals surface area contributed by atoms with Gasteiger partial charge in [-0.25, -0.2) is 4.39 Å². The molecular formula is C24H27FN4O. The Labute approximate surface area is 176 Å². The maximum Gasteiger partial charge on any atom is 0.238 e. The Morgan fingerprint density at radius 2 is 1.83 bits per heavy atom. The molecule has 1 amide bonds. The third-order valence-corrected chi connectivity index (χ3v) is 5.85. The molecule has 0 atom stereocenters. The first-order valence-electron chi connectivity index (χ1n) is 10.3. The van der Waals surface area contributed by atoms with Gasteiger partial charge in [-0.15, -0.1) is 0 Å². The highest BCUT2D eigenvalue weighted by atomic mass is 19.1. The van der Waals surface area contributed by atoms with Crippen LogP contribution in [0.15, 0.2) is 48.7 Å². The Bertz CT molecular complexity index is 1060. The lowest BCUT2D eigenvalue weighted by Crippen LogP contribution is -2.48. The minimum absolute atomic E-state index is 0.0116. The van der Waals surface area contributed by atoms with Crippen molar-refractivity contribution in [3.05, 3.63) is 71.2 Å². The van der Waals surface area contributed by atoms with Crippen molar-refractivity contribution in [2.75, 3.05) is 38.0 Å². The van der Waals surface area contributed by atoms with E-state index >= 15 is 0 Å². The molecule has 1 aliphatic heterocycles. The van der Waals surface area contributed by atoms with Crippen LogP contribution in [0.4, 0.5) is 10.1 Å². The van der Waals surface area contributed by atoms with E-state index in [1.165, 1.54) is 11.6 Å². The molecule has 0 saturated carbocycles. The molecule has 0 radical (unpaired) electrons. The van der Waals surface area contributed by atoms with Gasteiger partial charge in [0.1, 0.15) is 5.82 Å². The highest BCUT2D eigenvalue weighted by Gasteiger charge is 2.20. The molecule has 0 aliphatic carbocycles. The average Bonchev–Trinajstić information content (AvgIpc) is 2.73. The summed E-state index contributed by atoms with van der Waals surface area (Å²) in [6.45, 7) is 8.39. The predicted molar refractivity (Wildman–Crippen MR) is 118 cm³/mol. The van der Waals surface area contributed by atoms with Crippen LogP contribution in [-0.4, -0.2) is 53.4 Å². The van der Waals surface area contributed by atoms with Crippen LogP contribution in [0.5, 0.6) is 0 Å². The number of amides is 1. The number of piperazine rings is 1. The number of carbonyl (C=O) groups is 1. The van der Waals surface area contributed by atoms with E-state index in [4.69, 9.17) is 0 Å². The van der Waals surface area contributed by atoms with Crippen molar-refractivity contribution >= 4 is 22.5 Å². The summed E-state index contributed by atoms with van der Waals surface area (Å²) in [6, 6.07) is 12.8. The van der Waals surface area contributed by atoms with Gasteiger partial charge >= 0.3 is 0 Å². The van der Waals surface area contributed by atoms with E-state index < -0.39 is 0 Å². The first kappa shape index (κ1) is 20.4. The summed E-state index contributed by atoms with van der Waals surface area (Å²) in [4.78, 5) is 21.4. The Hall–Kier alpha value is -2.83. The summed E-state index contributed by atoms with van der Waals surface area (Å²) in [5, 5.41) is 3.86. The SMILES string of the molecule is Cc1cccc(NC(=O)CN2CCN(Cc3cc(F)cc4cccnc34)CC2)c1C. The monoisotopic (exact) mass is 406 g/mol. The van der Waals surface area contributed by atoms with Crippen molar-refractivity contribution in [2.24, 2.45) is 0 Å². The molecule has 4 rings (SSSR count). The lowest BCUT2D eigenvalue weighted by molar-refractivity contribution is -0.117. The fraction of sp³-hybridized carbons (Fsp3) is 0.333. The predicted octanol–water partition coefficient (Wildman–Crippen LogP) is 3.75. The molecule has 1 saturated heterocycles. The number of benzene rings is 2. The second kappa shape index (κ2) is 8.90. The van der Waals surface area contributed by atoms with E-state index in [0.29, 0.717) is 13.1 Å². The largest absolute Gasteiger partial charge is 0.325 e. The number of carbonyl (C=O) groups excluding carboxylic acids is 1. The summed E-state index contributed by atoms with van der Waals surface area (Å²) in [5.41, 5.74) is 4.91. The van der Waals surface area contributed by atoms with Gasteiger partial charge < -0.3 is 5.32 Å². The Morgan fingerprint density at radius 1 is 1.07 bits per heavy atom. The zero-order valence-corrected chi connectivity index (χ0v) is 17.5. The van der Waals surface area contributed by atoms with Gasteiger partial charge in [-0.1, -0.05) is 18.2 Å². The van der Waals surface area contributed by atoms with E-state index in [1.807, 2.05) is 44.2 Å². The van der Waals surface area contributed by atoms with Gasteiger partial charge in [-0.05, 0) is 54.8 Å². The summed E-state index contributed by atoms with van der Waals surface area (Å²) < 4.78 is 14.0. The van der Waals surface area contributed by atoms with Crippen LogP contribution < -0.4 is 5.32 Å². The van der Waals surface area contributed by atoms with Crippen molar-refractivity contribution in [2.45, 2.75) is 20.4 Å². The van der Waals surface area contributed by atoms with Crippen molar-refractivity contribution in [1.29, 1.82) is 0 Å². The molecule has 5 nitrogen and oxygen atoms in total. The molecule has 1 aromatic heterocycles. The number of halogens is 1. The normalized spacial score (nSPS) is 15.4. The summed E-state index contributed by atoms with van der Waals surface area (Å²) in [6.07, 6.45) is 1.75. The van der Waals surface area contributed by atoms with E-state index in [-0.39, 0.29) is 11.7 Å². The number of anilines is 1. The van der Waals surface area contributed by atoms with Gasteiger partial charge in [-0.2, -0.15) is 0 Å². The highest BCUT2D eigenvalue weighted by molar-refractivity contribution is 5.93. The summed E-state index contributed by atoms with van der Waals surface area (Å²) >= 11 is 0. The van der Waals surface area contributed by atoms with Crippen molar-refractivity contribution in [1.82, 2.24) is 14.8 Å². The van der Waals surface area contributed by atoms with E-state index in [1.54, 1.807) is 12.3 Å². The lowest BCUT2D eigenvalue weighted by atomic mass is 10.1. The van der Waals surface area contributed by atoms with E-state index in [2.05, 4.69) is 20.1 Å². The standard InChI is InChI=1S/C24H27FN4O/c1-17-5-3-7-22(18(17)2)27-23(30)16-29-11-9-28(10-12-29)15-20-14-21(25)13-19-6-4-8-26-24(19)20/h3-8,13-14H,9-12,15-16H2,1-2H3,(H,27,30). The lowest BCUT2D eigenvalue weighted by Gasteiger charge is -2.34. The number of nitrogens with zero attached hydrogens (tertiary/aromatic N) is 3. The molecule has 1 N–H and O–H groups in total. The van der Waals surface area contributed by atoms with Crippen LogP contribution in [0.1, 0.15) is 16.7 Å². The molecule has 2 heterocycles. The molecule has 1 fully saturated rings. The van der Waals surface area contributed by atoms with E-state index in [0.717, 1.165) is 53.9 Å². The van der Waals surface area contributed by atoms with Crippen molar-refractivity contribution in [3.8, 4) is 0 Å². The zero-order valence-electron chi connectivity index (χ0n) is 17.5. The second-order valence-electron chi connectivity index (χ2n) is 7.99. The Kier molecular flexibility index (Phi) is 6.06. The molecule has 0 unspecified atom stereocenters. The quantitative estimate of drug-likeness (QED) is 0.701. The molecule has 3 aromatic rings. The third kappa shape index (κ3) is 4.66. The number of fused-ring (bicyclic) bond motifs is 1. The number of aryl methyl sites for hydroxylation is 1. The zero-order chi connectivity index (χ0) is 21.1. The second-order valence-corrected chi connectivity index (χ2v) is 7.99. The molecule has 1 aliphatic rings. The first-order chi connectivity index (χ1) is 14.5. The molecule has 30 heavy (non-hydrogen) atoms. The maximum atomic E-state index is 14.0. The number of hydrogen-bond donors (Lipinski definition) is 1. The van der Waals surface area contributed by atoms with Crippen LogP contribution in [0, 0.1) is 19.7 Å². The molecule has 0 bridgehead atoms. The van der Waals surface area contributed by atoms with Gasteiger partial charge in [0.2, 0.25) is 5.91 Å². The fourth-order valence-electron chi connectivity index (χ4n) is 3.97. The van der Waals surface area contributed by atoms with Gasteiger partial charge in [-0.3, -0.25) is 19.6 Å². The molecular weight excluding hydrogens is 379 g/mol. The first-order valence-corrected chi connectivity index (χ1v) is 10.3. The number of hydrogen-bond acceptors (Lipinski definition) is 4. The van der Waals surface area contributed by atoms with Crippen LogP contribution in [0.3, 0.4) is 0 Å². The Morgan fingerprint density at radius 3 is 2.63 bits per heavy atom. The van der Waals surface area contributed by atoms with Crippen LogP contribution in [0.2, 0.25) is 0 Å². The van der Waals surface area contributed by atoms with Crippen LogP contribution >= 0.6 is 0 Å². The molecule has 0 spiro atoms. The van der Waals surface area contributed by atoms with Gasteiger partial charge in [0.05, 0.1) is 12.1 Å². The number of aromatic nitrogens is 1. The number of nitrogens with one attached hydrogen (secondary N) is 1.